The molecular weight excluding hydrogens is 446 g/mol. The molecule has 0 unspecified atom stereocenters. The van der Waals surface area contributed by atoms with Crippen LogP contribution in [0.5, 0.6) is 0 Å². The van der Waals surface area contributed by atoms with Gasteiger partial charge in [0.05, 0.1) is 17.1 Å². The van der Waals surface area contributed by atoms with E-state index in [1.165, 1.54) is 22.0 Å². The van der Waals surface area contributed by atoms with E-state index in [4.69, 9.17) is 0 Å². The molecule has 5 aromatic rings. The van der Waals surface area contributed by atoms with Gasteiger partial charge < -0.3 is 0 Å². The van der Waals surface area contributed by atoms with Gasteiger partial charge in [0.1, 0.15) is 0 Å². The second-order valence-corrected chi connectivity index (χ2v) is 9.84. The topological polar surface area (TPSA) is 9.72 Å². The molecule has 35 heavy (non-hydrogen) atoms. The minimum atomic E-state index is -0.614. The number of benzene rings is 5. The molecule has 168 valence electrons. The molecule has 1 spiro atoms. The molecule has 2 aliphatic rings. The van der Waals surface area contributed by atoms with Crippen LogP contribution in [-0.2, 0) is 0 Å². The Balaban J connectivity index is 1.59. The highest BCUT2D eigenvalue weighted by Crippen LogP contribution is 2.66. The van der Waals surface area contributed by atoms with Crippen molar-refractivity contribution in [2.24, 2.45) is 0 Å². The van der Waals surface area contributed by atoms with Crippen molar-refractivity contribution in [1.29, 1.82) is 0 Å². The van der Waals surface area contributed by atoms with Gasteiger partial charge in [-0.2, -0.15) is 0 Å². The zero-order chi connectivity index (χ0) is 23.2. The first-order valence-electron chi connectivity index (χ1n) is 11.8. The normalized spacial score (nSPS) is 15.4. The second-order valence-electron chi connectivity index (χ2n) is 8.65. The lowest BCUT2D eigenvalue weighted by atomic mass is 10.2. The number of hydrogen-bond donors (Lipinski definition) is 0. The van der Waals surface area contributed by atoms with Crippen molar-refractivity contribution < 1.29 is 0 Å². The quantitative estimate of drug-likeness (QED) is 0.262. The van der Waals surface area contributed by atoms with Crippen LogP contribution in [0.2, 0.25) is 0 Å². The molecule has 2 aliphatic heterocycles. The summed E-state index contributed by atoms with van der Waals surface area (Å²) in [5, 5.41) is -0.614. The number of anilines is 6. The summed E-state index contributed by atoms with van der Waals surface area (Å²) in [6, 6.07) is 49.7. The average molecular weight is 470 g/mol. The number of fused-ring (bicyclic) bond motifs is 2. The van der Waals surface area contributed by atoms with Gasteiger partial charge in [-0.1, -0.05) is 78.9 Å². The van der Waals surface area contributed by atoms with Crippen LogP contribution in [0.3, 0.4) is 0 Å². The number of nitrogens with zero attached hydrogens (tertiary/aromatic N) is 3. The Labute approximate surface area is 209 Å². The maximum Gasteiger partial charge on any atom is 0.261 e. The Morgan fingerprint density at radius 2 is 0.714 bits per heavy atom. The van der Waals surface area contributed by atoms with E-state index in [9.17, 15) is 0 Å². The van der Waals surface area contributed by atoms with Crippen LogP contribution in [-0.4, -0.2) is 5.12 Å². The van der Waals surface area contributed by atoms with Gasteiger partial charge in [-0.05, 0) is 72.4 Å². The molecule has 0 aromatic heterocycles. The summed E-state index contributed by atoms with van der Waals surface area (Å²) in [4.78, 5) is 8.73. The fourth-order valence-corrected chi connectivity index (χ4v) is 6.87. The van der Waals surface area contributed by atoms with Crippen molar-refractivity contribution in [2.75, 3.05) is 14.7 Å². The lowest BCUT2D eigenvalue weighted by Crippen LogP contribution is -2.59. The third-order valence-corrected chi connectivity index (χ3v) is 8.02. The van der Waals surface area contributed by atoms with Crippen molar-refractivity contribution in [1.82, 2.24) is 0 Å². The number of rotatable bonds is 3. The Morgan fingerprint density at radius 3 is 1.17 bits per heavy atom. The summed E-state index contributed by atoms with van der Waals surface area (Å²) >= 11 is 1.89. The van der Waals surface area contributed by atoms with Crippen LogP contribution in [0.4, 0.5) is 34.1 Å². The predicted molar refractivity (Wildman–Crippen MR) is 147 cm³/mol. The molecule has 3 nitrogen and oxygen atoms in total. The lowest BCUT2D eigenvalue weighted by molar-refractivity contribution is 0.649. The molecule has 7 rings (SSSR count). The summed E-state index contributed by atoms with van der Waals surface area (Å²) in [6.07, 6.45) is 0. The van der Waals surface area contributed by atoms with E-state index < -0.39 is 5.12 Å². The van der Waals surface area contributed by atoms with E-state index >= 15 is 0 Å². The summed E-state index contributed by atoms with van der Waals surface area (Å²) in [7, 11) is 0. The highest BCUT2D eigenvalue weighted by molar-refractivity contribution is 8.01. The fraction of sp³-hybridized carbons (Fsp3) is 0.0323. The van der Waals surface area contributed by atoms with E-state index in [-0.39, 0.29) is 0 Å². The van der Waals surface area contributed by atoms with Crippen LogP contribution < -0.4 is 14.7 Å². The van der Waals surface area contributed by atoms with Gasteiger partial charge in [-0.15, -0.1) is 0 Å². The molecule has 0 amide bonds. The zero-order valence-corrected chi connectivity index (χ0v) is 19.8. The number of para-hydroxylation sites is 6. The zero-order valence-electron chi connectivity index (χ0n) is 19.0. The third-order valence-electron chi connectivity index (χ3n) is 6.63. The molecule has 0 aliphatic carbocycles. The number of hydrogen-bond acceptors (Lipinski definition) is 4. The summed E-state index contributed by atoms with van der Waals surface area (Å²) < 4.78 is 0. The average Bonchev–Trinajstić information content (AvgIpc) is 3.41. The molecule has 0 N–H and O–H groups in total. The molecule has 2 heterocycles. The van der Waals surface area contributed by atoms with E-state index in [1.807, 2.05) is 11.8 Å². The summed E-state index contributed by atoms with van der Waals surface area (Å²) in [5.74, 6) is 0. The van der Waals surface area contributed by atoms with Crippen LogP contribution in [0.15, 0.2) is 144 Å². The van der Waals surface area contributed by atoms with Gasteiger partial charge in [0, 0.05) is 22.0 Å². The van der Waals surface area contributed by atoms with Crippen LogP contribution in [0, 0.1) is 0 Å². The third kappa shape index (κ3) is 2.93. The smallest absolute Gasteiger partial charge is 0.261 e. The van der Waals surface area contributed by atoms with Crippen molar-refractivity contribution >= 4 is 45.9 Å². The molecule has 5 aromatic carbocycles. The van der Waals surface area contributed by atoms with Gasteiger partial charge in [-0.25, -0.2) is 0 Å². The first-order valence-corrected chi connectivity index (χ1v) is 12.6. The molecule has 4 heteroatoms. The Hall–Kier alpha value is -4.15. The van der Waals surface area contributed by atoms with E-state index in [2.05, 4.69) is 154 Å². The molecular formula is C31H23N3S. The largest absolute Gasteiger partial charge is 0.290 e. The first-order chi connectivity index (χ1) is 17.4. The van der Waals surface area contributed by atoms with Crippen molar-refractivity contribution in [2.45, 2.75) is 10.0 Å². The van der Waals surface area contributed by atoms with Gasteiger partial charge in [0.15, 0.2) is 0 Å². The Bertz CT molecular complexity index is 1360. The van der Waals surface area contributed by atoms with Crippen LogP contribution >= 0.6 is 11.8 Å². The number of thioether (sulfide) groups is 1. The van der Waals surface area contributed by atoms with Crippen LogP contribution in [0.1, 0.15) is 0 Å². The standard InChI is InChI=1S/C31H23N3S/c1-4-14-24(15-5-1)32-27-20-10-11-21-28(27)33(25-16-6-2-7-17-25)31(32)34(26-18-8-3-9-19-26)29-22-12-13-23-30(29)35-31/h1-23H. The first kappa shape index (κ1) is 20.2. The summed E-state index contributed by atoms with van der Waals surface area (Å²) in [5.41, 5.74) is 7.03. The van der Waals surface area contributed by atoms with Gasteiger partial charge >= 0.3 is 0 Å². The maximum atomic E-state index is 2.49. The molecule has 0 fully saturated rings. The van der Waals surface area contributed by atoms with Crippen LogP contribution in [0.25, 0.3) is 0 Å². The highest BCUT2D eigenvalue weighted by Gasteiger charge is 2.60. The van der Waals surface area contributed by atoms with E-state index in [1.54, 1.807) is 0 Å². The SMILES string of the molecule is c1ccc(N2c3ccccc3SC23N(c2ccccc2)c2ccccc2N3c2ccccc2)cc1. The van der Waals surface area contributed by atoms with Crippen molar-refractivity contribution in [3.8, 4) is 0 Å². The molecule has 0 radical (unpaired) electrons. The van der Waals surface area contributed by atoms with Gasteiger partial charge in [0.25, 0.3) is 5.12 Å². The second kappa shape index (κ2) is 7.97. The molecule has 0 bridgehead atoms. The van der Waals surface area contributed by atoms with Gasteiger partial charge in [-0.3, -0.25) is 14.7 Å². The van der Waals surface area contributed by atoms with Crippen molar-refractivity contribution in [3.63, 3.8) is 0 Å². The fourth-order valence-electron chi connectivity index (χ4n) is 5.28. The predicted octanol–water partition coefficient (Wildman–Crippen LogP) is 8.53. The molecule has 0 saturated heterocycles. The monoisotopic (exact) mass is 469 g/mol. The van der Waals surface area contributed by atoms with E-state index in [0.29, 0.717) is 0 Å². The Kier molecular flexibility index (Phi) is 4.61. The highest BCUT2D eigenvalue weighted by atomic mass is 32.2. The maximum absolute atomic E-state index is 2.49. The molecule has 0 saturated carbocycles. The lowest BCUT2D eigenvalue weighted by Gasteiger charge is -2.48. The van der Waals surface area contributed by atoms with Gasteiger partial charge in [0.2, 0.25) is 0 Å². The van der Waals surface area contributed by atoms with Crippen molar-refractivity contribution in [3.05, 3.63) is 140 Å². The van der Waals surface area contributed by atoms with E-state index in [0.717, 1.165) is 17.1 Å². The minimum Gasteiger partial charge on any atom is -0.290 e. The summed E-state index contributed by atoms with van der Waals surface area (Å²) in [6.45, 7) is 0. The minimum absolute atomic E-state index is 0.614. The Morgan fingerprint density at radius 1 is 0.371 bits per heavy atom. The molecule has 0 atom stereocenters.